The van der Waals surface area contributed by atoms with Crippen molar-refractivity contribution in [3.05, 3.63) is 59.4 Å². The Morgan fingerprint density at radius 3 is 2.73 bits per heavy atom. The smallest absolute Gasteiger partial charge is 0.251 e. The van der Waals surface area contributed by atoms with Crippen LogP contribution in [0.4, 0.5) is 15.8 Å². The van der Waals surface area contributed by atoms with Gasteiger partial charge in [0, 0.05) is 23.1 Å². The molecule has 1 unspecified atom stereocenters. The summed E-state index contributed by atoms with van der Waals surface area (Å²) < 4.78 is 13.3. The first kappa shape index (κ1) is 20.7. The van der Waals surface area contributed by atoms with E-state index < -0.39 is 0 Å². The minimum atomic E-state index is -0.377. The summed E-state index contributed by atoms with van der Waals surface area (Å²) in [4.78, 5) is 25.1. The number of carbonyl (C=O) groups excluding carboxylic acids is 2. The van der Waals surface area contributed by atoms with Crippen LogP contribution in [0.3, 0.4) is 0 Å². The molecule has 5 nitrogen and oxygen atoms in total. The number of amides is 2. The Hall–Kier alpha value is -2.54. The molecule has 0 saturated heterocycles. The van der Waals surface area contributed by atoms with Crippen LogP contribution < -0.4 is 16.0 Å². The summed E-state index contributed by atoms with van der Waals surface area (Å²) in [5, 5.41) is 9.27. The molecule has 30 heavy (non-hydrogen) atoms. The van der Waals surface area contributed by atoms with Crippen LogP contribution in [-0.4, -0.2) is 29.7 Å². The molecule has 4 rings (SSSR count). The van der Waals surface area contributed by atoms with Crippen molar-refractivity contribution in [2.24, 2.45) is 0 Å². The van der Waals surface area contributed by atoms with Crippen LogP contribution in [-0.2, 0) is 10.5 Å². The third-order valence-electron chi connectivity index (χ3n) is 5.57. The lowest BCUT2D eigenvalue weighted by atomic mass is 9.95. The maximum atomic E-state index is 13.3. The van der Waals surface area contributed by atoms with E-state index in [0.717, 1.165) is 36.9 Å². The fourth-order valence-electron chi connectivity index (χ4n) is 3.94. The fraction of sp³-hybridized carbons (Fsp3) is 0.391. The largest absolute Gasteiger partial charge is 0.371 e. The number of anilines is 2. The average Bonchev–Trinajstić information content (AvgIpc) is 2.74. The molecule has 1 aliphatic carbocycles. The molecule has 1 aliphatic heterocycles. The van der Waals surface area contributed by atoms with Crippen LogP contribution in [0.1, 0.15) is 48.0 Å². The lowest BCUT2D eigenvalue weighted by molar-refractivity contribution is -0.116. The highest BCUT2D eigenvalue weighted by Gasteiger charge is 2.26. The Morgan fingerprint density at radius 2 is 1.93 bits per heavy atom. The topological polar surface area (TPSA) is 70.2 Å². The summed E-state index contributed by atoms with van der Waals surface area (Å²) in [6.45, 7) is 0. The highest BCUT2D eigenvalue weighted by Crippen LogP contribution is 2.29. The second-order valence-electron chi connectivity index (χ2n) is 7.90. The van der Waals surface area contributed by atoms with Crippen molar-refractivity contribution in [2.45, 2.75) is 49.9 Å². The maximum Gasteiger partial charge on any atom is 0.251 e. The zero-order valence-electron chi connectivity index (χ0n) is 16.7. The Morgan fingerprint density at radius 1 is 1.10 bits per heavy atom. The van der Waals surface area contributed by atoms with Gasteiger partial charge in [-0.1, -0.05) is 31.4 Å². The highest BCUT2D eigenvalue weighted by atomic mass is 32.2. The Kier molecular flexibility index (Phi) is 6.57. The van der Waals surface area contributed by atoms with Crippen molar-refractivity contribution in [3.8, 4) is 0 Å². The number of fused-ring (bicyclic) bond motifs is 1. The van der Waals surface area contributed by atoms with E-state index in [1.54, 1.807) is 30.0 Å². The molecule has 1 saturated carbocycles. The quantitative estimate of drug-likeness (QED) is 0.632. The van der Waals surface area contributed by atoms with Gasteiger partial charge in [-0.25, -0.2) is 4.39 Å². The molecule has 2 aromatic rings. The first-order chi connectivity index (χ1) is 14.6. The van der Waals surface area contributed by atoms with Gasteiger partial charge in [0.05, 0.1) is 11.4 Å². The van der Waals surface area contributed by atoms with Gasteiger partial charge in [-0.3, -0.25) is 9.59 Å². The van der Waals surface area contributed by atoms with Crippen molar-refractivity contribution in [1.29, 1.82) is 0 Å². The van der Waals surface area contributed by atoms with Crippen molar-refractivity contribution >= 4 is 35.0 Å². The van der Waals surface area contributed by atoms with Crippen LogP contribution in [0, 0.1) is 5.82 Å². The van der Waals surface area contributed by atoms with Gasteiger partial charge in [0.15, 0.2) is 0 Å². The zero-order chi connectivity index (χ0) is 20.9. The summed E-state index contributed by atoms with van der Waals surface area (Å²) >= 11 is 1.57. The second kappa shape index (κ2) is 9.51. The fourth-order valence-corrected chi connectivity index (χ4v) is 4.95. The van der Waals surface area contributed by atoms with Gasteiger partial charge in [0.1, 0.15) is 11.9 Å². The van der Waals surface area contributed by atoms with E-state index in [0.29, 0.717) is 22.8 Å². The number of halogens is 1. The summed E-state index contributed by atoms with van der Waals surface area (Å²) in [6, 6.07) is 11.7. The summed E-state index contributed by atoms with van der Waals surface area (Å²) in [5.74, 6) is 0.729. The number of thioether (sulfide) groups is 1. The minimum Gasteiger partial charge on any atom is -0.371 e. The predicted molar refractivity (Wildman–Crippen MR) is 119 cm³/mol. The van der Waals surface area contributed by atoms with Crippen LogP contribution in [0.2, 0.25) is 0 Å². The number of rotatable bonds is 6. The first-order valence-corrected chi connectivity index (χ1v) is 11.6. The molecular weight excluding hydrogens is 401 g/mol. The van der Waals surface area contributed by atoms with Gasteiger partial charge in [0.2, 0.25) is 5.91 Å². The van der Waals surface area contributed by atoms with Crippen molar-refractivity contribution in [3.63, 3.8) is 0 Å². The van der Waals surface area contributed by atoms with Crippen molar-refractivity contribution < 1.29 is 14.0 Å². The Bertz CT molecular complexity index is 930. The first-order valence-electron chi connectivity index (χ1n) is 10.4. The van der Waals surface area contributed by atoms with E-state index in [9.17, 15) is 14.0 Å². The lowest BCUT2D eigenvalue weighted by Gasteiger charge is -2.27. The zero-order valence-corrected chi connectivity index (χ0v) is 17.6. The van der Waals surface area contributed by atoms with E-state index in [1.165, 1.54) is 18.6 Å². The van der Waals surface area contributed by atoms with Crippen LogP contribution in [0.15, 0.2) is 42.5 Å². The maximum absolute atomic E-state index is 13.3. The van der Waals surface area contributed by atoms with E-state index in [-0.39, 0.29) is 29.7 Å². The number of benzene rings is 2. The number of nitrogens with one attached hydrogen (secondary N) is 3. The molecule has 0 bridgehead atoms. The van der Waals surface area contributed by atoms with Crippen molar-refractivity contribution in [1.82, 2.24) is 5.32 Å². The number of carbonyl (C=O) groups is 2. The Labute approximate surface area is 180 Å². The third-order valence-corrected chi connectivity index (χ3v) is 6.68. The molecule has 1 fully saturated rings. The summed E-state index contributed by atoms with van der Waals surface area (Å²) in [6.07, 6.45) is 5.62. The molecule has 2 aliphatic rings. The SMILES string of the molecule is O=C(NC1CCCCC1)c1ccc2c(c1)NC(=O)C(CSCc1cccc(F)c1)N2. The molecule has 7 heteroatoms. The van der Waals surface area contributed by atoms with Crippen molar-refractivity contribution in [2.75, 3.05) is 16.4 Å². The van der Waals surface area contributed by atoms with Crippen LogP contribution >= 0.6 is 11.8 Å². The molecule has 0 spiro atoms. The van der Waals surface area contributed by atoms with E-state index >= 15 is 0 Å². The molecule has 1 heterocycles. The molecule has 2 aromatic carbocycles. The highest BCUT2D eigenvalue weighted by molar-refractivity contribution is 7.98. The monoisotopic (exact) mass is 427 g/mol. The van der Waals surface area contributed by atoms with Gasteiger partial charge >= 0.3 is 0 Å². The van der Waals surface area contributed by atoms with Gasteiger partial charge in [-0.05, 0) is 48.7 Å². The summed E-state index contributed by atoms with van der Waals surface area (Å²) in [7, 11) is 0. The van der Waals surface area contributed by atoms with Gasteiger partial charge in [-0.15, -0.1) is 0 Å². The minimum absolute atomic E-state index is 0.0910. The lowest BCUT2D eigenvalue weighted by Crippen LogP contribution is -2.41. The van der Waals surface area contributed by atoms with Gasteiger partial charge in [0.25, 0.3) is 5.91 Å². The molecular formula is C23H26FN3O2S. The van der Waals surface area contributed by atoms with E-state index in [4.69, 9.17) is 0 Å². The van der Waals surface area contributed by atoms with Crippen LogP contribution in [0.5, 0.6) is 0 Å². The Balaban J connectivity index is 1.34. The van der Waals surface area contributed by atoms with Gasteiger partial charge < -0.3 is 16.0 Å². The molecule has 1 atom stereocenters. The number of hydrogen-bond acceptors (Lipinski definition) is 4. The molecule has 0 aromatic heterocycles. The molecule has 158 valence electrons. The molecule has 3 N–H and O–H groups in total. The number of hydrogen-bond donors (Lipinski definition) is 3. The van der Waals surface area contributed by atoms with E-state index in [1.807, 2.05) is 12.1 Å². The third kappa shape index (κ3) is 5.14. The second-order valence-corrected chi connectivity index (χ2v) is 8.93. The van der Waals surface area contributed by atoms with Crippen LogP contribution in [0.25, 0.3) is 0 Å². The average molecular weight is 428 g/mol. The molecule has 0 radical (unpaired) electrons. The summed E-state index contributed by atoms with van der Waals surface area (Å²) in [5.41, 5.74) is 2.88. The van der Waals surface area contributed by atoms with Gasteiger partial charge in [-0.2, -0.15) is 11.8 Å². The molecule has 2 amide bonds. The standard InChI is InChI=1S/C23H26FN3O2S/c24-17-6-4-5-15(11-17)13-30-14-21-23(29)27-20-12-16(9-10-19(20)26-21)22(28)25-18-7-2-1-3-8-18/h4-6,9-12,18,21,26H,1-3,7-8,13-14H2,(H,25,28)(H,27,29). The predicted octanol–water partition coefficient (Wildman–Crippen LogP) is 4.55. The van der Waals surface area contributed by atoms with E-state index in [2.05, 4.69) is 16.0 Å². The normalized spacial score (nSPS) is 18.8.